The molecule has 0 amide bonds. The lowest BCUT2D eigenvalue weighted by Gasteiger charge is -2.35. The van der Waals surface area contributed by atoms with Crippen LogP contribution in [0, 0.1) is 6.92 Å². The van der Waals surface area contributed by atoms with E-state index in [1.807, 2.05) is 19.1 Å². The fourth-order valence-electron chi connectivity index (χ4n) is 3.76. The van der Waals surface area contributed by atoms with Crippen LogP contribution in [0.1, 0.15) is 24.8 Å². The van der Waals surface area contributed by atoms with Crippen LogP contribution in [0.2, 0.25) is 0 Å². The van der Waals surface area contributed by atoms with Crippen molar-refractivity contribution in [2.75, 3.05) is 27.2 Å². The van der Waals surface area contributed by atoms with E-state index in [4.69, 9.17) is 4.74 Å². The molecule has 0 N–H and O–H groups in total. The van der Waals surface area contributed by atoms with Crippen LogP contribution in [0.25, 0.3) is 0 Å². The van der Waals surface area contributed by atoms with E-state index in [9.17, 15) is 8.42 Å². The van der Waals surface area contributed by atoms with Crippen LogP contribution >= 0.6 is 0 Å². The molecule has 1 aliphatic carbocycles. The van der Waals surface area contributed by atoms with E-state index in [-0.39, 0.29) is 6.04 Å². The van der Waals surface area contributed by atoms with Crippen LogP contribution in [-0.4, -0.2) is 63.1 Å². The van der Waals surface area contributed by atoms with Gasteiger partial charge in [0.1, 0.15) is 0 Å². The summed E-state index contributed by atoms with van der Waals surface area (Å²) in [6, 6.07) is 7.34. The number of nitrogens with zero attached hydrogens (tertiary/aromatic N) is 2. The van der Waals surface area contributed by atoms with Crippen molar-refractivity contribution in [3.05, 3.63) is 42.0 Å². The molecule has 1 fully saturated rings. The van der Waals surface area contributed by atoms with Crippen molar-refractivity contribution in [2.24, 2.45) is 0 Å². The zero-order valence-corrected chi connectivity index (χ0v) is 16.1. The maximum atomic E-state index is 12.9. The monoisotopic (exact) mass is 364 g/mol. The Hall–Kier alpha value is -1.21. The van der Waals surface area contributed by atoms with Gasteiger partial charge in [-0.05, 0) is 43.9 Å². The van der Waals surface area contributed by atoms with Gasteiger partial charge < -0.3 is 4.74 Å². The van der Waals surface area contributed by atoms with E-state index in [1.54, 1.807) is 32.4 Å². The van der Waals surface area contributed by atoms with Crippen LogP contribution in [-0.2, 0) is 14.8 Å². The van der Waals surface area contributed by atoms with Crippen molar-refractivity contribution in [2.45, 2.75) is 49.3 Å². The molecule has 1 aliphatic heterocycles. The molecule has 1 heterocycles. The molecule has 0 saturated carbocycles. The van der Waals surface area contributed by atoms with Gasteiger partial charge in [0.25, 0.3) is 0 Å². The molecule has 138 valence electrons. The van der Waals surface area contributed by atoms with E-state index in [2.05, 4.69) is 11.0 Å². The van der Waals surface area contributed by atoms with Crippen molar-refractivity contribution < 1.29 is 13.2 Å². The Morgan fingerprint density at radius 2 is 1.92 bits per heavy atom. The SMILES string of the molecule is COC1CCN([C@H]2C=C[C@@H](N(C)S(=O)(=O)c3cccc(C)c3)C2)CC1. The molecule has 3 rings (SSSR count). The van der Waals surface area contributed by atoms with Gasteiger partial charge in [-0.3, -0.25) is 4.90 Å². The summed E-state index contributed by atoms with van der Waals surface area (Å²) in [6.07, 6.45) is 7.48. The van der Waals surface area contributed by atoms with Crippen LogP contribution in [0.15, 0.2) is 41.3 Å². The Labute approximate surface area is 151 Å². The summed E-state index contributed by atoms with van der Waals surface area (Å²) in [5.41, 5.74) is 0.954. The number of benzene rings is 1. The molecule has 2 atom stereocenters. The maximum absolute atomic E-state index is 12.9. The maximum Gasteiger partial charge on any atom is 0.243 e. The molecule has 0 radical (unpaired) electrons. The highest BCUT2D eigenvalue weighted by atomic mass is 32.2. The number of rotatable bonds is 5. The Morgan fingerprint density at radius 1 is 1.20 bits per heavy atom. The predicted molar refractivity (Wildman–Crippen MR) is 99.1 cm³/mol. The summed E-state index contributed by atoms with van der Waals surface area (Å²) < 4.78 is 32.7. The number of sulfonamides is 1. The van der Waals surface area contributed by atoms with Crippen molar-refractivity contribution >= 4 is 10.0 Å². The van der Waals surface area contributed by atoms with Gasteiger partial charge in [-0.2, -0.15) is 4.31 Å². The second-order valence-electron chi connectivity index (χ2n) is 7.06. The predicted octanol–water partition coefficient (Wildman–Crippen LogP) is 2.42. The number of hydrogen-bond donors (Lipinski definition) is 0. The number of piperidine rings is 1. The second kappa shape index (κ2) is 7.58. The molecule has 0 bridgehead atoms. The number of hydrogen-bond acceptors (Lipinski definition) is 4. The first-order chi connectivity index (χ1) is 11.9. The number of likely N-dealkylation sites (N-methyl/N-ethyl adjacent to an activating group) is 1. The summed E-state index contributed by atoms with van der Waals surface area (Å²) >= 11 is 0. The zero-order chi connectivity index (χ0) is 18.0. The van der Waals surface area contributed by atoms with E-state index in [1.165, 1.54) is 4.31 Å². The van der Waals surface area contributed by atoms with Crippen molar-refractivity contribution in [3.8, 4) is 0 Å². The minimum Gasteiger partial charge on any atom is -0.381 e. The first-order valence-corrected chi connectivity index (χ1v) is 10.4. The van der Waals surface area contributed by atoms with Gasteiger partial charge in [0.2, 0.25) is 10.0 Å². The van der Waals surface area contributed by atoms with Gasteiger partial charge in [0.05, 0.1) is 11.0 Å². The number of ether oxygens (including phenoxy) is 1. The third-order valence-corrected chi connectivity index (χ3v) is 7.33. The largest absolute Gasteiger partial charge is 0.381 e. The minimum absolute atomic E-state index is 0.0874. The standard InChI is InChI=1S/C19H28N2O3S/c1-15-5-4-6-19(13-15)25(22,23)20(2)16-7-8-17(14-16)21-11-9-18(24-3)10-12-21/h4-8,13,16-18H,9-12,14H2,1-3H3/t16-,17+/m1/s1. The highest BCUT2D eigenvalue weighted by Crippen LogP contribution is 2.27. The second-order valence-corrected chi connectivity index (χ2v) is 9.06. The average molecular weight is 365 g/mol. The average Bonchev–Trinajstić information content (AvgIpc) is 3.11. The Kier molecular flexibility index (Phi) is 5.63. The van der Waals surface area contributed by atoms with E-state index < -0.39 is 10.0 Å². The summed E-state index contributed by atoms with van der Waals surface area (Å²) in [4.78, 5) is 2.81. The molecular weight excluding hydrogens is 336 g/mol. The Balaban J connectivity index is 1.65. The van der Waals surface area contributed by atoms with E-state index >= 15 is 0 Å². The van der Waals surface area contributed by atoms with Crippen LogP contribution < -0.4 is 0 Å². The van der Waals surface area contributed by atoms with Crippen LogP contribution in [0.5, 0.6) is 0 Å². The summed E-state index contributed by atoms with van der Waals surface area (Å²) in [7, 11) is -0.00676. The highest BCUT2D eigenvalue weighted by Gasteiger charge is 2.34. The molecule has 2 aliphatic rings. The van der Waals surface area contributed by atoms with Crippen LogP contribution in [0.4, 0.5) is 0 Å². The van der Waals surface area contributed by atoms with Gasteiger partial charge >= 0.3 is 0 Å². The Bertz CT molecular complexity index is 724. The minimum atomic E-state index is -3.47. The van der Waals surface area contributed by atoms with Crippen LogP contribution in [0.3, 0.4) is 0 Å². The molecule has 0 unspecified atom stereocenters. The number of methoxy groups -OCH3 is 1. The molecule has 0 spiro atoms. The normalized spacial score (nSPS) is 25.8. The molecule has 1 saturated heterocycles. The molecule has 0 aromatic heterocycles. The highest BCUT2D eigenvalue weighted by molar-refractivity contribution is 7.89. The van der Waals surface area contributed by atoms with Crippen molar-refractivity contribution in [1.82, 2.24) is 9.21 Å². The quantitative estimate of drug-likeness (QED) is 0.753. The fourth-order valence-corrected chi connectivity index (χ4v) is 5.20. The summed E-state index contributed by atoms with van der Waals surface area (Å²) in [6.45, 7) is 3.93. The first kappa shape index (κ1) is 18.6. The molecule has 6 heteroatoms. The van der Waals surface area contributed by atoms with Gasteiger partial charge in [-0.25, -0.2) is 8.42 Å². The topological polar surface area (TPSA) is 49.9 Å². The van der Waals surface area contributed by atoms with E-state index in [0.29, 0.717) is 17.0 Å². The number of likely N-dealkylation sites (tertiary alicyclic amines) is 1. The van der Waals surface area contributed by atoms with Crippen molar-refractivity contribution in [1.29, 1.82) is 0 Å². The molecule has 5 nitrogen and oxygen atoms in total. The fraction of sp³-hybridized carbons (Fsp3) is 0.579. The zero-order valence-electron chi connectivity index (χ0n) is 15.3. The van der Waals surface area contributed by atoms with Gasteiger partial charge in [0, 0.05) is 39.3 Å². The third kappa shape index (κ3) is 3.97. The van der Waals surface area contributed by atoms with Gasteiger partial charge in [0.15, 0.2) is 0 Å². The smallest absolute Gasteiger partial charge is 0.243 e. The van der Waals surface area contributed by atoms with Gasteiger partial charge in [-0.1, -0.05) is 24.3 Å². The first-order valence-electron chi connectivity index (χ1n) is 8.91. The summed E-state index contributed by atoms with van der Waals surface area (Å²) in [5, 5.41) is 0. The molecular formula is C19H28N2O3S. The lowest BCUT2D eigenvalue weighted by Crippen LogP contribution is -2.43. The molecule has 1 aromatic carbocycles. The molecule has 25 heavy (non-hydrogen) atoms. The van der Waals surface area contributed by atoms with E-state index in [0.717, 1.165) is 37.9 Å². The number of aryl methyl sites for hydroxylation is 1. The lowest BCUT2D eigenvalue weighted by molar-refractivity contribution is 0.0324. The van der Waals surface area contributed by atoms with Crippen molar-refractivity contribution in [3.63, 3.8) is 0 Å². The molecule has 1 aromatic rings. The Morgan fingerprint density at radius 3 is 2.56 bits per heavy atom. The summed E-state index contributed by atoms with van der Waals surface area (Å²) in [5.74, 6) is 0. The van der Waals surface area contributed by atoms with Gasteiger partial charge in [-0.15, -0.1) is 0 Å². The lowest BCUT2D eigenvalue weighted by atomic mass is 10.0. The third-order valence-electron chi connectivity index (χ3n) is 5.45.